The van der Waals surface area contributed by atoms with Gasteiger partial charge in [0.25, 0.3) is 0 Å². The highest BCUT2D eigenvalue weighted by molar-refractivity contribution is 5.85. The van der Waals surface area contributed by atoms with Crippen molar-refractivity contribution in [3.05, 3.63) is 11.6 Å². The number of hydrogen-bond donors (Lipinski definition) is 7. The first-order chi connectivity index (χ1) is 32.2. The van der Waals surface area contributed by atoms with Gasteiger partial charge < -0.3 is 83.1 Å². The highest BCUT2D eigenvalue weighted by Crippen LogP contribution is 2.70. The summed E-state index contributed by atoms with van der Waals surface area (Å²) in [5.41, 5.74) is 0.0925. The molecular weight excluding hydrogens is 893 g/mol. The van der Waals surface area contributed by atoms with Gasteiger partial charge in [0.15, 0.2) is 25.2 Å². The maximum Gasteiger partial charge on any atom is 0.331 e. The van der Waals surface area contributed by atoms with Crippen LogP contribution in [-0.4, -0.2) is 177 Å². The van der Waals surface area contributed by atoms with Crippen molar-refractivity contribution in [2.75, 3.05) is 13.2 Å². The molecule has 0 aromatic carbocycles. The SMILES string of the molecule is CC(=O)O[C@H]1C[C@H](O[C@H]2[C@@H](O)C[C@H](O[C@H]3[C@@H](O)C[C@H](O[C@H]4CC[C@@]5(C)[C@H](CC[C@@H]6[C@@H]5CC[C@]5(C)[C@@H](C7=CC(=O)OC7)CC[C@]65O)C4)O[C@@H]3C)O[C@@H]2C)O[C@H](C)[C@H]1O[C@@H]1O[C@H](CO)[C@@H](O)[C@H](O)[C@H]1O. The monoisotopic (exact) mass is 968 g/mol. The summed E-state index contributed by atoms with van der Waals surface area (Å²) in [5.74, 6) is 0.357. The van der Waals surface area contributed by atoms with Crippen LogP contribution in [0.4, 0.5) is 0 Å². The molecule has 8 fully saturated rings. The second-order valence-corrected chi connectivity index (χ2v) is 22.1. The average Bonchev–Trinajstić information content (AvgIpc) is 3.83. The zero-order chi connectivity index (χ0) is 48.6. The molecule has 25 atom stereocenters. The Bertz CT molecular complexity index is 1810. The summed E-state index contributed by atoms with van der Waals surface area (Å²) >= 11 is 0. The van der Waals surface area contributed by atoms with Crippen LogP contribution in [0.1, 0.15) is 119 Å². The predicted molar refractivity (Wildman–Crippen MR) is 233 cm³/mol. The number of cyclic esters (lactones) is 1. The third kappa shape index (κ3) is 9.36. The summed E-state index contributed by atoms with van der Waals surface area (Å²) in [6, 6.07) is 0. The largest absolute Gasteiger partial charge is 0.459 e. The van der Waals surface area contributed by atoms with Crippen LogP contribution in [0.5, 0.6) is 0 Å². The van der Waals surface area contributed by atoms with Crippen molar-refractivity contribution < 1.29 is 92.7 Å². The summed E-state index contributed by atoms with van der Waals surface area (Å²) in [5, 5.41) is 76.1. The Morgan fingerprint density at radius 3 is 1.94 bits per heavy atom. The van der Waals surface area contributed by atoms with E-state index in [0.717, 1.165) is 63.4 Å². The molecule has 5 heterocycles. The van der Waals surface area contributed by atoms with Crippen molar-refractivity contribution in [2.24, 2.45) is 34.5 Å². The molecule has 4 aliphatic carbocycles. The number of carbonyl (C=O) groups is 2. The molecule has 0 radical (unpaired) electrons. The number of rotatable bonds is 11. The Morgan fingerprint density at radius 2 is 1.34 bits per heavy atom. The minimum atomic E-state index is -1.68. The molecule has 9 rings (SSSR count). The number of ether oxygens (including phenoxy) is 10. The summed E-state index contributed by atoms with van der Waals surface area (Å²) < 4.78 is 60.2. The third-order valence-corrected chi connectivity index (χ3v) is 18.3. The molecular formula is C49H76O19. The van der Waals surface area contributed by atoms with Gasteiger partial charge in [-0.2, -0.15) is 0 Å². The molecule has 4 saturated carbocycles. The Morgan fingerprint density at radius 1 is 0.706 bits per heavy atom. The van der Waals surface area contributed by atoms with Gasteiger partial charge in [0, 0.05) is 37.7 Å². The summed E-state index contributed by atoms with van der Waals surface area (Å²) in [4.78, 5) is 24.2. The molecule has 0 bridgehead atoms. The molecule has 9 aliphatic rings. The normalized spacial score (nSPS) is 52.8. The first kappa shape index (κ1) is 51.0. The highest BCUT2D eigenvalue weighted by Gasteiger charge is 2.68. The molecule has 19 heteroatoms. The molecule has 0 aromatic heterocycles. The van der Waals surface area contributed by atoms with Gasteiger partial charge in [-0.1, -0.05) is 13.8 Å². The van der Waals surface area contributed by atoms with Gasteiger partial charge in [-0.3, -0.25) is 4.79 Å². The van der Waals surface area contributed by atoms with Crippen molar-refractivity contribution in [1.29, 1.82) is 0 Å². The lowest BCUT2D eigenvalue weighted by Gasteiger charge is -2.64. The molecule has 68 heavy (non-hydrogen) atoms. The smallest absolute Gasteiger partial charge is 0.331 e. The first-order valence-electron chi connectivity index (χ1n) is 25.2. The van der Waals surface area contributed by atoms with Gasteiger partial charge in [0.05, 0.1) is 48.8 Å². The summed E-state index contributed by atoms with van der Waals surface area (Å²) in [6.45, 7) is 10.8. The van der Waals surface area contributed by atoms with Gasteiger partial charge in [-0.05, 0) is 113 Å². The van der Waals surface area contributed by atoms with Crippen LogP contribution in [0.15, 0.2) is 11.6 Å². The molecule has 0 aromatic rings. The van der Waals surface area contributed by atoms with E-state index in [-0.39, 0.29) is 54.0 Å². The highest BCUT2D eigenvalue weighted by atomic mass is 16.8. The van der Waals surface area contributed by atoms with Crippen LogP contribution in [0.2, 0.25) is 0 Å². The van der Waals surface area contributed by atoms with Crippen molar-refractivity contribution >= 4 is 11.9 Å². The van der Waals surface area contributed by atoms with E-state index in [1.165, 1.54) is 6.92 Å². The molecule has 7 N–H and O–H groups in total. The topological polar surface area (TPSA) is 268 Å². The number of aliphatic hydroxyl groups is 7. The van der Waals surface area contributed by atoms with E-state index in [1.807, 2.05) is 6.92 Å². The van der Waals surface area contributed by atoms with Gasteiger partial charge in [0.2, 0.25) is 0 Å². The van der Waals surface area contributed by atoms with E-state index in [1.54, 1.807) is 19.9 Å². The quantitative estimate of drug-likeness (QED) is 0.115. The average molecular weight is 969 g/mol. The third-order valence-electron chi connectivity index (χ3n) is 18.3. The Kier molecular flexibility index (Phi) is 14.9. The van der Waals surface area contributed by atoms with E-state index >= 15 is 0 Å². The minimum Gasteiger partial charge on any atom is -0.459 e. The standard InChI is InChI=1S/C49H76O19/c1-22-43(66-38-18-33(53)44(23(2)61-38)67-39-19-34(63-25(4)51)45(24(3)62-39)68-46-42(57)41(56)40(55)35(20-50)65-46)32(52)17-37(60-22)64-28-9-12-47(5)27(16-28)7-8-31-30(47)10-13-48(6)29(11-14-49(31,48)58)26-15-36(54)59-21-26/h15,22-24,27-35,37-46,50,52-53,55-58H,7-14,16-21H2,1-6H3/t22-,23-,24-,27-,28+,29-,30+,31-,32+,33+,34+,35-,37+,38+,39+,40-,41+,42-,43-,44-,45-,46+,47+,48-,49+/m1/s1. The Balaban J connectivity index is 0.746. The fraction of sp³-hybridized carbons (Fsp3) is 0.918. The van der Waals surface area contributed by atoms with Crippen LogP contribution >= 0.6 is 0 Å². The number of fused-ring (bicyclic) bond motifs is 5. The molecule has 386 valence electrons. The zero-order valence-corrected chi connectivity index (χ0v) is 40.2. The van der Waals surface area contributed by atoms with Crippen molar-refractivity contribution in [3.63, 3.8) is 0 Å². The number of esters is 2. The van der Waals surface area contributed by atoms with E-state index < -0.39 is 123 Å². The van der Waals surface area contributed by atoms with Gasteiger partial charge in [-0.15, -0.1) is 0 Å². The number of hydrogen-bond acceptors (Lipinski definition) is 19. The van der Waals surface area contributed by atoms with E-state index in [2.05, 4.69) is 13.8 Å². The van der Waals surface area contributed by atoms with Gasteiger partial charge in [0.1, 0.15) is 55.4 Å². The Hall–Kier alpha value is -1.92. The second-order valence-electron chi connectivity index (χ2n) is 22.1. The van der Waals surface area contributed by atoms with Crippen molar-refractivity contribution in [3.8, 4) is 0 Å². The molecule has 0 amide bonds. The second kappa shape index (κ2) is 19.8. The van der Waals surface area contributed by atoms with Crippen LogP contribution < -0.4 is 0 Å². The van der Waals surface area contributed by atoms with Gasteiger partial charge in [-0.25, -0.2) is 4.79 Å². The lowest BCUT2D eigenvalue weighted by molar-refractivity contribution is -0.355. The van der Waals surface area contributed by atoms with Crippen LogP contribution in [0.25, 0.3) is 0 Å². The summed E-state index contributed by atoms with van der Waals surface area (Å²) in [6.07, 6.45) is -7.65. The molecule has 0 spiro atoms. The summed E-state index contributed by atoms with van der Waals surface area (Å²) in [7, 11) is 0. The van der Waals surface area contributed by atoms with Crippen LogP contribution in [0.3, 0.4) is 0 Å². The van der Waals surface area contributed by atoms with Crippen molar-refractivity contribution in [1.82, 2.24) is 0 Å². The lowest BCUT2D eigenvalue weighted by Crippen LogP contribution is -2.62. The van der Waals surface area contributed by atoms with E-state index in [9.17, 15) is 45.3 Å². The molecule has 4 saturated heterocycles. The maximum atomic E-state index is 12.6. The molecule has 0 unspecified atom stereocenters. The Labute approximate surface area is 398 Å². The zero-order valence-electron chi connectivity index (χ0n) is 40.2. The fourth-order valence-electron chi connectivity index (χ4n) is 14.6. The van der Waals surface area contributed by atoms with E-state index in [0.29, 0.717) is 18.4 Å². The van der Waals surface area contributed by atoms with Crippen LogP contribution in [0, 0.1) is 34.5 Å². The minimum absolute atomic E-state index is 0.0126. The van der Waals surface area contributed by atoms with Gasteiger partial charge >= 0.3 is 11.9 Å². The predicted octanol–water partition coefficient (Wildman–Crippen LogP) is 1.64. The molecule has 5 aliphatic heterocycles. The first-order valence-corrected chi connectivity index (χ1v) is 25.2. The van der Waals surface area contributed by atoms with E-state index in [4.69, 9.17) is 47.4 Å². The molecule has 19 nitrogen and oxygen atoms in total. The van der Waals surface area contributed by atoms with Crippen molar-refractivity contribution in [2.45, 2.75) is 235 Å². The number of aliphatic hydroxyl groups excluding tert-OH is 6. The fourth-order valence-corrected chi connectivity index (χ4v) is 14.6. The van der Waals surface area contributed by atoms with Crippen LogP contribution in [-0.2, 0) is 57.0 Å². The number of carbonyl (C=O) groups excluding carboxylic acids is 2. The maximum absolute atomic E-state index is 12.6. The lowest BCUT2D eigenvalue weighted by atomic mass is 9.43.